The molecule has 1 N–H and O–H groups in total. The maximum Gasteiger partial charge on any atom is 0.374 e. The number of hydrogen-bond acceptors (Lipinski definition) is 5. The zero-order chi connectivity index (χ0) is 15.4. The summed E-state index contributed by atoms with van der Waals surface area (Å²) in [4.78, 5) is 23.6. The summed E-state index contributed by atoms with van der Waals surface area (Å²) in [6.45, 7) is 1.78. The van der Waals surface area contributed by atoms with E-state index < -0.39 is 5.97 Å². The van der Waals surface area contributed by atoms with Gasteiger partial charge in [0.1, 0.15) is 5.82 Å². The highest BCUT2D eigenvalue weighted by Gasteiger charge is 2.15. The topological polar surface area (TPSA) is 69.6 Å². The fraction of sp³-hybridized carbons (Fsp3) is 0.400. The van der Waals surface area contributed by atoms with Crippen LogP contribution < -0.4 is 4.90 Å². The largest absolute Gasteiger partial charge is 0.475 e. The summed E-state index contributed by atoms with van der Waals surface area (Å²) in [5.74, 6) is -0.608. The zero-order valence-electron chi connectivity index (χ0n) is 12.6. The maximum absolute atomic E-state index is 11.2. The van der Waals surface area contributed by atoms with E-state index in [0.717, 1.165) is 24.9 Å². The normalized spacial score (nSPS) is 11.0. The third-order valence-corrected chi connectivity index (χ3v) is 3.23. The van der Waals surface area contributed by atoms with Crippen LogP contribution in [-0.2, 0) is 0 Å². The molecule has 0 unspecified atom stereocenters. The molecule has 1 aromatic heterocycles. The van der Waals surface area contributed by atoms with Gasteiger partial charge < -0.3 is 14.9 Å². The molecule has 0 amide bonds. The number of para-hydroxylation sites is 1. The van der Waals surface area contributed by atoms with Crippen molar-refractivity contribution in [2.24, 2.45) is 0 Å². The van der Waals surface area contributed by atoms with E-state index in [2.05, 4.69) is 14.9 Å². The Balaban J connectivity index is 2.34. The Labute approximate surface area is 124 Å². The van der Waals surface area contributed by atoms with Crippen molar-refractivity contribution in [2.75, 3.05) is 39.1 Å². The van der Waals surface area contributed by atoms with Crippen LogP contribution in [0.2, 0.25) is 0 Å². The van der Waals surface area contributed by atoms with Crippen molar-refractivity contribution in [3.8, 4) is 0 Å². The number of hydrogen-bond donors (Lipinski definition) is 1. The van der Waals surface area contributed by atoms with E-state index in [9.17, 15) is 4.79 Å². The second-order valence-electron chi connectivity index (χ2n) is 5.27. The first-order valence-electron chi connectivity index (χ1n) is 6.85. The molecular weight excluding hydrogens is 268 g/mol. The molecule has 6 heteroatoms. The Hall–Kier alpha value is -2.21. The van der Waals surface area contributed by atoms with E-state index in [1.165, 1.54) is 0 Å². The number of benzene rings is 1. The number of anilines is 1. The van der Waals surface area contributed by atoms with Gasteiger partial charge in [-0.25, -0.2) is 14.8 Å². The number of aromatic nitrogens is 2. The minimum Gasteiger partial charge on any atom is -0.475 e. The number of aromatic carboxylic acids is 1. The van der Waals surface area contributed by atoms with E-state index in [1.807, 2.05) is 44.2 Å². The summed E-state index contributed by atoms with van der Waals surface area (Å²) in [6.07, 6.45) is 0.976. The third kappa shape index (κ3) is 3.66. The van der Waals surface area contributed by atoms with Gasteiger partial charge in [-0.15, -0.1) is 0 Å². The van der Waals surface area contributed by atoms with Crippen LogP contribution in [-0.4, -0.2) is 60.2 Å². The van der Waals surface area contributed by atoms with E-state index >= 15 is 0 Å². The smallest absolute Gasteiger partial charge is 0.374 e. The van der Waals surface area contributed by atoms with Crippen molar-refractivity contribution in [1.82, 2.24) is 14.9 Å². The Morgan fingerprint density at radius 3 is 2.52 bits per heavy atom. The lowest BCUT2D eigenvalue weighted by molar-refractivity contribution is 0.0684. The van der Waals surface area contributed by atoms with Gasteiger partial charge in [0.25, 0.3) is 0 Å². The van der Waals surface area contributed by atoms with Crippen LogP contribution >= 0.6 is 0 Å². The van der Waals surface area contributed by atoms with Crippen LogP contribution in [0.5, 0.6) is 0 Å². The van der Waals surface area contributed by atoms with Gasteiger partial charge in [-0.1, -0.05) is 12.1 Å². The second kappa shape index (κ2) is 6.49. The summed E-state index contributed by atoms with van der Waals surface area (Å²) >= 11 is 0. The fourth-order valence-corrected chi connectivity index (χ4v) is 2.18. The highest BCUT2D eigenvalue weighted by molar-refractivity contribution is 5.93. The van der Waals surface area contributed by atoms with Gasteiger partial charge in [-0.3, -0.25) is 0 Å². The number of fused-ring (bicyclic) bond motifs is 1. The van der Waals surface area contributed by atoms with Crippen molar-refractivity contribution in [1.29, 1.82) is 0 Å². The molecule has 1 heterocycles. The summed E-state index contributed by atoms with van der Waals surface area (Å²) in [7, 11) is 5.99. The molecular formula is C15H20N4O2. The van der Waals surface area contributed by atoms with Gasteiger partial charge in [0.2, 0.25) is 5.82 Å². The minimum atomic E-state index is -1.11. The molecule has 2 rings (SSSR count). The van der Waals surface area contributed by atoms with Crippen LogP contribution in [0.25, 0.3) is 10.9 Å². The van der Waals surface area contributed by atoms with Crippen molar-refractivity contribution in [2.45, 2.75) is 6.42 Å². The lowest BCUT2D eigenvalue weighted by atomic mass is 10.2. The van der Waals surface area contributed by atoms with Gasteiger partial charge in [-0.2, -0.15) is 0 Å². The standard InChI is InChI=1S/C15H20N4O2/c1-18(2)9-6-10-19(3)14-11-7-4-5-8-12(11)16-13(17-14)15(20)21/h4-5,7-8H,6,9-10H2,1-3H3,(H,20,21). The summed E-state index contributed by atoms with van der Waals surface area (Å²) in [5, 5.41) is 10.0. The van der Waals surface area contributed by atoms with Gasteiger partial charge in [0.15, 0.2) is 0 Å². The average Bonchev–Trinajstić information content (AvgIpc) is 2.45. The second-order valence-corrected chi connectivity index (χ2v) is 5.27. The Morgan fingerprint density at radius 1 is 1.14 bits per heavy atom. The van der Waals surface area contributed by atoms with Crippen molar-refractivity contribution < 1.29 is 9.90 Å². The first kappa shape index (κ1) is 15.2. The molecule has 0 radical (unpaired) electrons. The zero-order valence-corrected chi connectivity index (χ0v) is 12.6. The third-order valence-electron chi connectivity index (χ3n) is 3.23. The molecule has 0 bridgehead atoms. The molecule has 0 spiro atoms. The molecule has 0 saturated carbocycles. The van der Waals surface area contributed by atoms with E-state index in [0.29, 0.717) is 11.3 Å². The van der Waals surface area contributed by atoms with Crippen LogP contribution in [0.15, 0.2) is 24.3 Å². The average molecular weight is 288 g/mol. The molecule has 6 nitrogen and oxygen atoms in total. The summed E-state index contributed by atoms with van der Waals surface area (Å²) in [6, 6.07) is 7.47. The Kier molecular flexibility index (Phi) is 4.70. The van der Waals surface area contributed by atoms with Crippen LogP contribution in [0.4, 0.5) is 5.82 Å². The van der Waals surface area contributed by atoms with Gasteiger partial charge in [0.05, 0.1) is 5.52 Å². The van der Waals surface area contributed by atoms with E-state index in [1.54, 1.807) is 6.07 Å². The first-order chi connectivity index (χ1) is 9.99. The fourth-order valence-electron chi connectivity index (χ4n) is 2.18. The molecule has 0 saturated heterocycles. The lowest BCUT2D eigenvalue weighted by Crippen LogP contribution is -2.25. The lowest BCUT2D eigenvalue weighted by Gasteiger charge is -2.21. The van der Waals surface area contributed by atoms with Crippen molar-refractivity contribution in [3.63, 3.8) is 0 Å². The molecule has 0 fully saturated rings. The maximum atomic E-state index is 11.2. The summed E-state index contributed by atoms with van der Waals surface area (Å²) in [5.41, 5.74) is 0.652. The molecule has 0 aliphatic heterocycles. The molecule has 112 valence electrons. The van der Waals surface area contributed by atoms with E-state index in [4.69, 9.17) is 5.11 Å². The minimum absolute atomic E-state index is 0.164. The monoisotopic (exact) mass is 288 g/mol. The van der Waals surface area contributed by atoms with Crippen molar-refractivity contribution in [3.05, 3.63) is 30.1 Å². The number of carboxylic acid groups (broad SMARTS) is 1. The Bertz CT molecular complexity index is 643. The highest BCUT2D eigenvalue weighted by Crippen LogP contribution is 2.23. The van der Waals surface area contributed by atoms with Crippen molar-refractivity contribution >= 4 is 22.7 Å². The first-order valence-corrected chi connectivity index (χ1v) is 6.85. The SMILES string of the molecule is CN(C)CCCN(C)c1nc(C(=O)O)nc2ccccc12. The molecule has 21 heavy (non-hydrogen) atoms. The van der Waals surface area contributed by atoms with E-state index in [-0.39, 0.29) is 5.82 Å². The van der Waals surface area contributed by atoms with Crippen LogP contribution in [0.1, 0.15) is 17.0 Å². The molecule has 0 aliphatic carbocycles. The van der Waals surface area contributed by atoms with Gasteiger partial charge in [0, 0.05) is 19.0 Å². The number of carboxylic acids is 1. The molecule has 2 aromatic rings. The number of rotatable bonds is 6. The van der Waals surface area contributed by atoms with Crippen LogP contribution in [0.3, 0.4) is 0 Å². The number of carbonyl (C=O) groups is 1. The predicted molar refractivity (Wildman–Crippen MR) is 82.9 cm³/mol. The summed E-state index contributed by atoms with van der Waals surface area (Å²) < 4.78 is 0. The number of nitrogens with zero attached hydrogens (tertiary/aromatic N) is 4. The van der Waals surface area contributed by atoms with Crippen LogP contribution in [0, 0.1) is 0 Å². The quantitative estimate of drug-likeness (QED) is 0.872. The van der Waals surface area contributed by atoms with Gasteiger partial charge >= 0.3 is 5.97 Å². The van der Waals surface area contributed by atoms with Gasteiger partial charge in [-0.05, 0) is 39.2 Å². The molecule has 0 atom stereocenters. The predicted octanol–water partition coefficient (Wildman–Crippen LogP) is 1.72. The Morgan fingerprint density at radius 2 is 1.86 bits per heavy atom. The highest BCUT2D eigenvalue weighted by atomic mass is 16.4. The molecule has 1 aromatic carbocycles. The molecule has 0 aliphatic rings.